The van der Waals surface area contributed by atoms with E-state index in [1.165, 1.54) is 37.8 Å². The molecule has 2 heterocycles. The lowest BCUT2D eigenvalue weighted by molar-refractivity contribution is -0.130. The Balaban J connectivity index is 1.56. The molecule has 4 nitrogen and oxygen atoms in total. The minimum atomic E-state index is 0.277. The van der Waals surface area contributed by atoms with Crippen LogP contribution in [0.25, 0.3) is 0 Å². The molecule has 2 saturated heterocycles. The lowest BCUT2D eigenvalue weighted by Crippen LogP contribution is -2.49. The molecule has 1 aliphatic carbocycles. The van der Waals surface area contributed by atoms with Gasteiger partial charge in [0.15, 0.2) is 0 Å². The fourth-order valence-corrected chi connectivity index (χ4v) is 4.25. The summed E-state index contributed by atoms with van der Waals surface area (Å²) in [6.45, 7) is 3.45. The van der Waals surface area contributed by atoms with Crippen LogP contribution in [0.15, 0.2) is 11.8 Å². The second-order valence-corrected chi connectivity index (χ2v) is 6.90. The maximum Gasteiger partial charge on any atom is 0.240 e. The van der Waals surface area contributed by atoms with E-state index in [1.54, 1.807) is 0 Å². The lowest BCUT2D eigenvalue weighted by Gasteiger charge is -2.36. The van der Waals surface area contributed by atoms with Crippen LogP contribution in [0, 0.1) is 0 Å². The van der Waals surface area contributed by atoms with Gasteiger partial charge in [-0.05, 0) is 58.9 Å². The number of likely N-dealkylation sites (N-methyl/N-ethyl adjacent to an activating group) is 2. The first-order valence-corrected chi connectivity index (χ1v) is 8.63. The van der Waals surface area contributed by atoms with Gasteiger partial charge in [0.25, 0.3) is 0 Å². The zero-order valence-corrected chi connectivity index (χ0v) is 13.5. The molecule has 0 spiro atoms. The van der Waals surface area contributed by atoms with E-state index >= 15 is 0 Å². The monoisotopic (exact) mass is 291 g/mol. The Hall–Kier alpha value is -0.870. The van der Waals surface area contributed by atoms with Crippen LogP contribution in [0.2, 0.25) is 0 Å². The first-order valence-electron chi connectivity index (χ1n) is 8.63. The van der Waals surface area contributed by atoms with Crippen LogP contribution in [-0.4, -0.2) is 54.0 Å². The number of hydrogen-bond acceptors (Lipinski definition) is 3. The van der Waals surface area contributed by atoms with Crippen LogP contribution in [-0.2, 0) is 4.79 Å². The number of fused-ring (bicyclic) bond motifs is 2. The van der Waals surface area contributed by atoms with Gasteiger partial charge in [-0.1, -0.05) is 6.08 Å². The van der Waals surface area contributed by atoms with Crippen molar-refractivity contribution in [3.8, 4) is 0 Å². The predicted molar refractivity (Wildman–Crippen MR) is 84.9 cm³/mol. The molecule has 118 valence electrons. The van der Waals surface area contributed by atoms with Gasteiger partial charge in [-0.25, -0.2) is 0 Å². The quantitative estimate of drug-likeness (QED) is 0.843. The summed E-state index contributed by atoms with van der Waals surface area (Å²) in [4.78, 5) is 16.9. The fourth-order valence-electron chi connectivity index (χ4n) is 4.25. The number of carbonyl (C=O) groups excluding carboxylic acids is 1. The van der Waals surface area contributed by atoms with Crippen molar-refractivity contribution in [1.29, 1.82) is 0 Å². The molecule has 2 atom stereocenters. The summed E-state index contributed by atoms with van der Waals surface area (Å²) in [6, 6.07) is 1.95. The van der Waals surface area contributed by atoms with Gasteiger partial charge in [0.05, 0.1) is 6.54 Å². The second kappa shape index (κ2) is 6.49. The normalized spacial score (nSPS) is 31.6. The van der Waals surface area contributed by atoms with E-state index in [4.69, 9.17) is 0 Å². The number of carbonyl (C=O) groups is 1. The number of nitrogens with one attached hydrogen (secondary N) is 1. The fraction of sp³-hybridized carbons (Fsp3) is 0.824. The third kappa shape index (κ3) is 3.32. The van der Waals surface area contributed by atoms with E-state index in [0.717, 1.165) is 19.4 Å². The Morgan fingerprint density at radius 2 is 2.05 bits per heavy atom. The van der Waals surface area contributed by atoms with Gasteiger partial charge in [-0.3, -0.25) is 9.69 Å². The van der Waals surface area contributed by atoms with Gasteiger partial charge < -0.3 is 10.2 Å². The highest BCUT2D eigenvalue weighted by atomic mass is 16.2. The van der Waals surface area contributed by atoms with Crippen LogP contribution in [0.4, 0.5) is 0 Å². The molecule has 1 N–H and O–H groups in total. The summed E-state index contributed by atoms with van der Waals surface area (Å²) < 4.78 is 0. The molecular weight excluding hydrogens is 262 g/mol. The van der Waals surface area contributed by atoms with E-state index in [-0.39, 0.29) is 5.91 Å². The van der Waals surface area contributed by atoms with Crippen molar-refractivity contribution in [2.45, 2.75) is 70.0 Å². The molecule has 1 amide bonds. The topological polar surface area (TPSA) is 35.6 Å². The molecule has 0 saturated carbocycles. The summed E-state index contributed by atoms with van der Waals surface area (Å²) in [5.74, 6) is 0.277. The maximum absolute atomic E-state index is 12.6. The Morgan fingerprint density at radius 3 is 2.62 bits per heavy atom. The smallest absolute Gasteiger partial charge is 0.240 e. The Morgan fingerprint density at radius 1 is 1.33 bits per heavy atom. The molecule has 4 heteroatoms. The average Bonchev–Trinajstić information content (AvgIpc) is 3.10. The van der Waals surface area contributed by atoms with Gasteiger partial charge in [0.1, 0.15) is 0 Å². The molecule has 0 aromatic heterocycles. The minimum Gasteiger partial charge on any atom is -0.316 e. The molecule has 0 radical (unpaired) electrons. The third-order valence-electron chi connectivity index (χ3n) is 5.44. The van der Waals surface area contributed by atoms with Crippen molar-refractivity contribution in [1.82, 2.24) is 15.1 Å². The van der Waals surface area contributed by atoms with Crippen LogP contribution < -0.4 is 5.32 Å². The van der Waals surface area contributed by atoms with Crippen LogP contribution in [0.5, 0.6) is 0 Å². The lowest BCUT2D eigenvalue weighted by atomic mass is 9.98. The number of rotatable bonds is 5. The van der Waals surface area contributed by atoms with Gasteiger partial charge >= 0.3 is 0 Å². The molecular formula is C17H29N3O. The van der Waals surface area contributed by atoms with Crippen LogP contribution in [0.1, 0.15) is 51.9 Å². The van der Waals surface area contributed by atoms with Crippen molar-refractivity contribution in [2.24, 2.45) is 0 Å². The first kappa shape index (κ1) is 15.0. The van der Waals surface area contributed by atoms with E-state index in [0.29, 0.717) is 24.7 Å². The number of piperidine rings is 1. The van der Waals surface area contributed by atoms with Gasteiger partial charge in [-0.2, -0.15) is 0 Å². The molecule has 0 aromatic rings. The van der Waals surface area contributed by atoms with Crippen molar-refractivity contribution >= 4 is 5.91 Å². The number of nitrogens with zero attached hydrogens (tertiary/aromatic N) is 2. The van der Waals surface area contributed by atoms with E-state index in [1.807, 2.05) is 4.90 Å². The third-order valence-corrected chi connectivity index (χ3v) is 5.44. The van der Waals surface area contributed by atoms with Gasteiger partial charge in [0.2, 0.25) is 5.91 Å². The maximum atomic E-state index is 12.6. The summed E-state index contributed by atoms with van der Waals surface area (Å²) in [6.07, 6.45) is 10.7. The van der Waals surface area contributed by atoms with Crippen LogP contribution >= 0.6 is 0 Å². The molecule has 2 aliphatic heterocycles. The minimum absolute atomic E-state index is 0.277. The Labute approximate surface area is 128 Å². The average molecular weight is 291 g/mol. The van der Waals surface area contributed by atoms with Crippen molar-refractivity contribution < 1.29 is 4.79 Å². The molecule has 0 aromatic carbocycles. The summed E-state index contributed by atoms with van der Waals surface area (Å²) in [7, 11) is 2.13. The van der Waals surface area contributed by atoms with Crippen molar-refractivity contribution in [2.75, 3.05) is 20.1 Å². The van der Waals surface area contributed by atoms with E-state index in [2.05, 4.69) is 30.3 Å². The van der Waals surface area contributed by atoms with Gasteiger partial charge in [-0.15, -0.1) is 0 Å². The standard InChI is InChI=1S/C17H29N3O/c1-3-20(15-6-4-5-7-15)17(21)12-19(2)16-10-13-8-9-14(11-16)18-13/h6,13-14,16,18H,3-5,7-12H2,1-2H3. The summed E-state index contributed by atoms with van der Waals surface area (Å²) >= 11 is 0. The van der Waals surface area contributed by atoms with Gasteiger partial charge in [0, 0.05) is 30.4 Å². The summed E-state index contributed by atoms with van der Waals surface area (Å²) in [5, 5.41) is 3.68. The summed E-state index contributed by atoms with van der Waals surface area (Å²) in [5.41, 5.74) is 1.25. The molecule has 2 unspecified atom stereocenters. The molecule has 3 rings (SSSR count). The number of hydrogen-bond donors (Lipinski definition) is 1. The largest absolute Gasteiger partial charge is 0.316 e. The number of allylic oxidation sites excluding steroid dienone is 2. The molecule has 21 heavy (non-hydrogen) atoms. The van der Waals surface area contributed by atoms with E-state index in [9.17, 15) is 4.79 Å². The highest BCUT2D eigenvalue weighted by Crippen LogP contribution is 2.29. The molecule has 2 fully saturated rings. The highest BCUT2D eigenvalue weighted by Gasteiger charge is 2.35. The van der Waals surface area contributed by atoms with Crippen molar-refractivity contribution in [3.05, 3.63) is 11.8 Å². The molecule has 2 bridgehead atoms. The SMILES string of the molecule is CCN(C(=O)CN(C)C1CC2CCC(C1)N2)C1=CCCC1. The first-order chi connectivity index (χ1) is 10.2. The molecule has 3 aliphatic rings. The second-order valence-electron chi connectivity index (χ2n) is 6.90. The highest BCUT2D eigenvalue weighted by molar-refractivity contribution is 5.80. The number of amides is 1. The Bertz CT molecular complexity index is 408. The van der Waals surface area contributed by atoms with Crippen LogP contribution in [0.3, 0.4) is 0 Å². The van der Waals surface area contributed by atoms with Crippen molar-refractivity contribution in [3.63, 3.8) is 0 Å². The zero-order valence-electron chi connectivity index (χ0n) is 13.5. The zero-order chi connectivity index (χ0) is 14.8. The Kier molecular flexibility index (Phi) is 4.65. The van der Waals surface area contributed by atoms with E-state index < -0.39 is 0 Å². The predicted octanol–water partition coefficient (Wildman–Crippen LogP) is 2.12.